The van der Waals surface area contributed by atoms with Crippen molar-refractivity contribution in [2.24, 2.45) is 0 Å². The molecule has 0 aliphatic carbocycles. The Hall–Kier alpha value is -3.18. The molecule has 0 bridgehead atoms. The highest BCUT2D eigenvalue weighted by atomic mass is 79.9. The highest BCUT2D eigenvalue weighted by molar-refractivity contribution is 9.10. The molecule has 0 aliphatic heterocycles. The maximum Gasteiger partial charge on any atom is 0.232 e. The van der Waals surface area contributed by atoms with E-state index < -0.39 is 0 Å². The van der Waals surface area contributed by atoms with Crippen molar-refractivity contribution in [2.45, 2.75) is 17.8 Å². The summed E-state index contributed by atoms with van der Waals surface area (Å²) >= 11 is 4.87. The van der Waals surface area contributed by atoms with Crippen molar-refractivity contribution in [1.82, 2.24) is 29.8 Å². The second kappa shape index (κ2) is 8.67. The lowest BCUT2D eigenvalue weighted by molar-refractivity contribution is 0.847. The average molecular weight is 484 g/mol. The van der Waals surface area contributed by atoms with Gasteiger partial charge in [0, 0.05) is 15.7 Å². The van der Waals surface area contributed by atoms with E-state index in [-0.39, 0.29) is 5.95 Å². The van der Waals surface area contributed by atoms with Crippen LogP contribution in [0.4, 0.5) is 17.6 Å². The number of nitrogens with two attached hydrogens (primary N) is 2. The molecule has 0 amide bonds. The Morgan fingerprint density at radius 2 is 1.80 bits per heavy atom. The minimum Gasteiger partial charge on any atom is -0.368 e. The predicted octanol–water partition coefficient (Wildman–Crippen LogP) is 3.53. The number of thioether (sulfide) groups is 1. The molecule has 2 aromatic carbocycles. The third-order valence-corrected chi connectivity index (χ3v) is 5.83. The van der Waals surface area contributed by atoms with Crippen LogP contribution in [0.25, 0.3) is 11.4 Å². The number of benzene rings is 2. The van der Waals surface area contributed by atoms with Crippen LogP contribution in [0.3, 0.4) is 0 Å². The monoisotopic (exact) mass is 483 g/mol. The van der Waals surface area contributed by atoms with Crippen molar-refractivity contribution in [3.63, 3.8) is 0 Å². The fourth-order valence-electron chi connectivity index (χ4n) is 2.72. The van der Waals surface area contributed by atoms with Gasteiger partial charge in [-0.05, 0) is 30.7 Å². The molecule has 0 saturated carbocycles. The van der Waals surface area contributed by atoms with Gasteiger partial charge in [-0.2, -0.15) is 15.0 Å². The molecule has 0 unspecified atom stereocenters. The minimum absolute atomic E-state index is 0.139. The summed E-state index contributed by atoms with van der Waals surface area (Å²) in [6, 6.07) is 15.5. The van der Waals surface area contributed by atoms with Crippen LogP contribution >= 0.6 is 27.7 Å². The predicted molar refractivity (Wildman–Crippen MR) is 122 cm³/mol. The van der Waals surface area contributed by atoms with Gasteiger partial charge in [0.1, 0.15) is 5.82 Å². The molecule has 152 valence electrons. The molecule has 5 N–H and O–H groups in total. The van der Waals surface area contributed by atoms with E-state index in [9.17, 15) is 0 Å². The van der Waals surface area contributed by atoms with Gasteiger partial charge in [-0.1, -0.05) is 58.0 Å². The first-order chi connectivity index (χ1) is 14.5. The van der Waals surface area contributed by atoms with E-state index >= 15 is 0 Å². The van der Waals surface area contributed by atoms with Crippen molar-refractivity contribution in [1.29, 1.82) is 0 Å². The molecular weight excluding hydrogens is 466 g/mol. The van der Waals surface area contributed by atoms with Gasteiger partial charge in [-0.15, -0.1) is 10.2 Å². The van der Waals surface area contributed by atoms with Crippen molar-refractivity contribution >= 4 is 45.3 Å². The molecule has 4 rings (SSSR count). The van der Waals surface area contributed by atoms with Crippen LogP contribution in [0.1, 0.15) is 11.4 Å². The fraction of sp³-hybridized carbons (Fsp3) is 0.105. The number of para-hydroxylation sites is 1. The number of anilines is 3. The second-order valence-electron chi connectivity index (χ2n) is 6.32. The molecule has 2 heterocycles. The smallest absolute Gasteiger partial charge is 0.232 e. The lowest BCUT2D eigenvalue weighted by Crippen LogP contribution is -2.12. The van der Waals surface area contributed by atoms with Crippen LogP contribution in [0.15, 0.2) is 58.2 Å². The summed E-state index contributed by atoms with van der Waals surface area (Å²) in [6.45, 7) is 2.00. The van der Waals surface area contributed by atoms with E-state index in [0.29, 0.717) is 28.5 Å². The largest absolute Gasteiger partial charge is 0.368 e. The first kappa shape index (κ1) is 20.1. The summed E-state index contributed by atoms with van der Waals surface area (Å²) in [4.78, 5) is 12.8. The lowest BCUT2D eigenvalue weighted by atomic mass is 10.2. The zero-order chi connectivity index (χ0) is 21.1. The Morgan fingerprint density at radius 1 is 1.03 bits per heavy atom. The highest BCUT2D eigenvalue weighted by Crippen LogP contribution is 2.29. The normalized spacial score (nSPS) is 10.9. The Kier molecular flexibility index (Phi) is 5.81. The number of nitrogen functional groups attached to an aromatic ring is 2. The summed E-state index contributed by atoms with van der Waals surface area (Å²) in [5.41, 5.74) is 8.70. The molecule has 0 saturated heterocycles. The summed E-state index contributed by atoms with van der Waals surface area (Å²) < 4.78 is 2.33. The second-order valence-corrected chi connectivity index (χ2v) is 8.11. The van der Waals surface area contributed by atoms with E-state index in [1.165, 1.54) is 16.4 Å². The van der Waals surface area contributed by atoms with E-state index in [1.807, 2.05) is 55.5 Å². The molecule has 0 radical (unpaired) electrons. The van der Waals surface area contributed by atoms with Gasteiger partial charge in [0.05, 0.1) is 5.75 Å². The van der Waals surface area contributed by atoms with E-state index in [4.69, 9.17) is 11.6 Å². The van der Waals surface area contributed by atoms with Crippen molar-refractivity contribution < 1.29 is 0 Å². The molecule has 0 fully saturated rings. The highest BCUT2D eigenvalue weighted by Gasteiger charge is 2.15. The fourth-order valence-corrected chi connectivity index (χ4v) is 3.90. The van der Waals surface area contributed by atoms with Crippen LogP contribution in [0.2, 0.25) is 0 Å². The molecule has 4 aromatic rings. The van der Waals surface area contributed by atoms with Gasteiger partial charge in [-0.25, -0.2) is 4.68 Å². The number of aromatic nitrogens is 6. The molecule has 0 aliphatic rings. The number of aryl methyl sites for hydroxylation is 1. The Morgan fingerprint density at radius 3 is 2.60 bits per heavy atom. The Bertz CT molecular complexity index is 1190. The Balaban J connectivity index is 1.51. The van der Waals surface area contributed by atoms with E-state index in [1.54, 1.807) is 0 Å². The van der Waals surface area contributed by atoms with Crippen LogP contribution in [0.5, 0.6) is 0 Å². The van der Waals surface area contributed by atoms with Gasteiger partial charge in [0.2, 0.25) is 17.1 Å². The average Bonchev–Trinajstić information content (AvgIpc) is 3.08. The van der Waals surface area contributed by atoms with Gasteiger partial charge in [0.25, 0.3) is 0 Å². The summed E-state index contributed by atoms with van der Waals surface area (Å²) in [5, 5.41) is 12.1. The zero-order valence-corrected chi connectivity index (χ0v) is 18.4. The SMILES string of the molecule is Cc1ccccc1Nc1nc(N)nc(CSc2nnc(-c3ccccc3Br)n2N)n1. The van der Waals surface area contributed by atoms with Crippen LogP contribution in [-0.2, 0) is 5.75 Å². The molecule has 0 atom stereocenters. The molecular formula is C19H18BrN9S. The molecule has 9 nitrogen and oxygen atoms in total. The number of halogens is 1. The maximum absolute atomic E-state index is 6.21. The van der Waals surface area contributed by atoms with Crippen LogP contribution in [0, 0.1) is 6.92 Å². The number of nitrogens with zero attached hydrogens (tertiary/aromatic N) is 6. The van der Waals surface area contributed by atoms with Gasteiger partial charge >= 0.3 is 0 Å². The van der Waals surface area contributed by atoms with E-state index in [2.05, 4.69) is 46.4 Å². The summed E-state index contributed by atoms with van der Waals surface area (Å²) in [5.74, 6) is 8.20. The van der Waals surface area contributed by atoms with Crippen molar-refractivity contribution in [3.8, 4) is 11.4 Å². The number of rotatable bonds is 6. The standard InChI is InChI=1S/C19H18BrN9S/c1-11-6-2-5-9-14(11)23-18-25-15(24-17(21)26-18)10-30-19-28-27-16(29(19)22)12-7-3-4-8-13(12)20/h2-9H,10,22H2,1H3,(H3,21,23,24,25,26). The van der Waals surface area contributed by atoms with Crippen molar-refractivity contribution in [2.75, 3.05) is 16.9 Å². The summed E-state index contributed by atoms with van der Waals surface area (Å²) in [6.07, 6.45) is 0. The third kappa shape index (κ3) is 4.36. The third-order valence-electron chi connectivity index (χ3n) is 4.20. The molecule has 0 spiro atoms. The first-order valence-corrected chi connectivity index (χ1v) is 10.7. The van der Waals surface area contributed by atoms with Crippen LogP contribution in [-0.4, -0.2) is 29.8 Å². The molecule has 30 heavy (non-hydrogen) atoms. The minimum atomic E-state index is 0.139. The first-order valence-electron chi connectivity index (χ1n) is 8.92. The lowest BCUT2D eigenvalue weighted by Gasteiger charge is -2.09. The van der Waals surface area contributed by atoms with E-state index in [0.717, 1.165) is 21.3 Å². The maximum atomic E-state index is 6.21. The van der Waals surface area contributed by atoms with Gasteiger partial charge < -0.3 is 16.9 Å². The topological polar surface area (TPSA) is 133 Å². The van der Waals surface area contributed by atoms with Crippen LogP contribution < -0.4 is 16.9 Å². The number of nitrogens with one attached hydrogen (secondary N) is 1. The van der Waals surface area contributed by atoms with Gasteiger partial charge in [-0.3, -0.25) is 0 Å². The number of hydrogen-bond acceptors (Lipinski definition) is 9. The van der Waals surface area contributed by atoms with Gasteiger partial charge in [0.15, 0.2) is 5.82 Å². The molecule has 11 heteroatoms. The quantitative estimate of drug-likeness (QED) is 0.278. The van der Waals surface area contributed by atoms with Crippen molar-refractivity contribution in [3.05, 3.63) is 64.4 Å². The summed E-state index contributed by atoms with van der Waals surface area (Å²) in [7, 11) is 0. The zero-order valence-electron chi connectivity index (χ0n) is 16.0. The Labute approximate surface area is 185 Å². The number of hydrogen-bond donors (Lipinski definition) is 3. The molecule has 2 aromatic heterocycles.